The van der Waals surface area contributed by atoms with Crippen molar-refractivity contribution in [2.75, 3.05) is 52.5 Å². The van der Waals surface area contributed by atoms with E-state index in [1.807, 2.05) is 18.2 Å². The number of rotatable bonds is 22. The van der Waals surface area contributed by atoms with Crippen molar-refractivity contribution in [1.29, 1.82) is 0 Å². The molecule has 0 saturated heterocycles. The highest BCUT2D eigenvalue weighted by Gasteiger charge is 2.19. The highest BCUT2D eigenvalue weighted by molar-refractivity contribution is 5.87. The zero-order valence-electron chi connectivity index (χ0n) is 31.5. The molecule has 0 fully saturated rings. The summed E-state index contributed by atoms with van der Waals surface area (Å²) in [6.45, 7) is 24.0. The van der Waals surface area contributed by atoms with Gasteiger partial charge in [0, 0.05) is 37.3 Å². The Labute approximate surface area is 296 Å². The molecule has 0 amide bonds. The Bertz CT molecular complexity index is 1510. The minimum atomic E-state index is 0.523. The number of imidazole rings is 1. The van der Waals surface area contributed by atoms with Gasteiger partial charge in [0.05, 0.1) is 18.7 Å². The second-order valence-corrected chi connectivity index (χ2v) is 13.2. The molecule has 1 aliphatic rings. The van der Waals surface area contributed by atoms with Gasteiger partial charge in [-0.2, -0.15) is 0 Å². The van der Waals surface area contributed by atoms with Crippen LogP contribution in [0, 0.1) is 5.92 Å². The van der Waals surface area contributed by atoms with Crippen LogP contribution in [0.25, 0.3) is 22.4 Å². The Morgan fingerprint density at radius 1 is 0.776 bits per heavy atom. The number of hydrogen-bond acceptors (Lipinski definition) is 6. The maximum atomic E-state index is 6.52. The molecule has 0 saturated carbocycles. The van der Waals surface area contributed by atoms with Gasteiger partial charge in [-0.1, -0.05) is 79.0 Å². The summed E-state index contributed by atoms with van der Waals surface area (Å²) < 4.78 is 21.6. The monoisotopic (exact) mass is 670 g/mol. The van der Waals surface area contributed by atoms with Gasteiger partial charge >= 0.3 is 0 Å². The van der Waals surface area contributed by atoms with E-state index in [2.05, 4.69) is 105 Å². The molecule has 1 aliphatic carbocycles. The molecule has 0 spiro atoms. The first kappa shape index (κ1) is 38.3. The number of aromatic nitrogens is 2. The number of benzene rings is 2. The van der Waals surface area contributed by atoms with Crippen LogP contribution in [0.2, 0.25) is 0 Å². The van der Waals surface area contributed by atoms with Crippen LogP contribution >= 0.6 is 0 Å². The van der Waals surface area contributed by atoms with Crippen LogP contribution in [-0.2, 0) is 6.54 Å². The van der Waals surface area contributed by atoms with Gasteiger partial charge in [0.15, 0.2) is 5.75 Å². The second kappa shape index (κ2) is 20.2. The van der Waals surface area contributed by atoms with E-state index in [9.17, 15) is 0 Å². The van der Waals surface area contributed by atoms with Gasteiger partial charge in [-0.15, -0.1) is 0 Å². The van der Waals surface area contributed by atoms with E-state index in [1.54, 1.807) is 0 Å². The van der Waals surface area contributed by atoms with Crippen molar-refractivity contribution in [3.63, 3.8) is 0 Å². The fraction of sp³-hybridized carbons (Fsp3) is 0.548. The summed E-state index contributed by atoms with van der Waals surface area (Å²) in [5.41, 5.74) is 4.42. The Morgan fingerprint density at radius 3 is 2.08 bits per heavy atom. The van der Waals surface area contributed by atoms with Crippen molar-refractivity contribution >= 4 is 11.0 Å². The highest BCUT2D eigenvalue weighted by Crippen LogP contribution is 2.36. The van der Waals surface area contributed by atoms with Crippen LogP contribution in [0.3, 0.4) is 0 Å². The lowest BCUT2D eigenvalue weighted by Gasteiger charge is -2.18. The van der Waals surface area contributed by atoms with Gasteiger partial charge in [-0.05, 0) is 94.2 Å². The number of ether oxygens (including phenoxy) is 3. The van der Waals surface area contributed by atoms with Crippen molar-refractivity contribution < 1.29 is 14.2 Å². The third-order valence-corrected chi connectivity index (χ3v) is 9.52. The quantitative estimate of drug-likeness (QED) is 0.0992. The fourth-order valence-corrected chi connectivity index (χ4v) is 6.28. The maximum absolute atomic E-state index is 6.52. The average molecular weight is 671 g/mol. The normalized spacial score (nSPS) is 13.3. The van der Waals surface area contributed by atoms with Crippen molar-refractivity contribution in [2.45, 2.75) is 93.5 Å². The molecule has 3 aromatic rings. The van der Waals surface area contributed by atoms with E-state index in [0.29, 0.717) is 19.1 Å². The molecule has 2 aromatic carbocycles. The summed E-state index contributed by atoms with van der Waals surface area (Å²) in [7, 11) is 0. The predicted octanol–water partition coefficient (Wildman–Crippen LogP) is 9.92. The zero-order chi connectivity index (χ0) is 35.0. The van der Waals surface area contributed by atoms with Crippen molar-refractivity contribution in [2.24, 2.45) is 5.92 Å². The van der Waals surface area contributed by atoms with Crippen LogP contribution < -0.4 is 14.2 Å². The second-order valence-electron chi connectivity index (χ2n) is 13.2. The van der Waals surface area contributed by atoms with Gasteiger partial charge in [0.2, 0.25) is 0 Å². The molecule has 1 aromatic heterocycles. The van der Waals surface area contributed by atoms with E-state index in [0.717, 1.165) is 130 Å². The molecule has 0 atom stereocenters. The molecule has 49 heavy (non-hydrogen) atoms. The number of fused-ring (bicyclic) bond motifs is 1. The fourth-order valence-electron chi connectivity index (χ4n) is 6.28. The Balaban J connectivity index is 1.64. The van der Waals surface area contributed by atoms with E-state index in [-0.39, 0.29) is 0 Å². The largest absolute Gasteiger partial charge is 0.493 e. The molecule has 0 N–H and O–H groups in total. The molecule has 268 valence electrons. The van der Waals surface area contributed by atoms with Crippen LogP contribution in [0.4, 0.5) is 0 Å². The Kier molecular flexibility index (Phi) is 15.8. The van der Waals surface area contributed by atoms with Crippen LogP contribution in [0.5, 0.6) is 17.2 Å². The lowest BCUT2D eigenvalue weighted by molar-refractivity contribution is 0.243. The number of aryl methyl sites for hydroxylation is 1. The summed E-state index contributed by atoms with van der Waals surface area (Å²) >= 11 is 0. The molecule has 4 rings (SSSR count). The average Bonchev–Trinajstić information content (AvgIpc) is 3.30. The van der Waals surface area contributed by atoms with Gasteiger partial charge in [0.1, 0.15) is 28.6 Å². The number of nitrogens with zero attached hydrogens (tertiary/aromatic N) is 4. The summed E-state index contributed by atoms with van der Waals surface area (Å²) in [6, 6.07) is 12.6. The minimum Gasteiger partial charge on any atom is -0.493 e. The van der Waals surface area contributed by atoms with Gasteiger partial charge in [-0.25, -0.2) is 4.98 Å². The maximum Gasteiger partial charge on any atom is 0.150 e. The predicted molar refractivity (Wildman–Crippen MR) is 206 cm³/mol. The van der Waals surface area contributed by atoms with Crippen LogP contribution in [0.15, 0.2) is 72.0 Å². The van der Waals surface area contributed by atoms with Crippen LogP contribution in [0.1, 0.15) is 87.0 Å². The number of hydrogen-bond donors (Lipinski definition) is 0. The number of allylic oxidation sites excluding steroid dienone is 5. The first-order chi connectivity index (χ1) is 23.9. The lowest BCUT2D eigenvalue weighted by atomic mass is 10.0. The standard InChI is InChI=1S/C42H62N4O3/c1-8-13-14-28-46-39-31-38(47-29-16-26-44(9-2)10-3)32-40(48-30-17-27-45(11-4)12-5)41(39)43-42(46)35-21-24-37(25-22-35)49-36-19-15-18-34(20-23-36)33(6)7/h15,19-25,31-33H,8-14,16-18,26-30H2,1-7H3. The molecule has 7 heteroatoms. The number of unbranched alkanes of at least 4 members (excludes halogenated alkanes) is 2. The Morgan fingerprint density at radius 2 is 1.45 bits per heavy atom. The van der Waals surface area contributed by atoms with E-state index < -0.39 is 0 Å². The van der Waals surface area contributed by atoms with Crippen molar-refractivity contribution in [1.82, 2.24) is 19.4 Å². The smallest absolute Gasteiger partial charge is 0.150 e. The molecule has 0 unspecified atom stereocenters. The summed E-state index contributed by atoms with van der Waals surface area (Å²) in [4.78, 5) is 10.1. The zero-order valence-corrected chi connectivity index (χ0v) is 31.5. The first-order valence-corrected chi connectivity index (χ1v) is 19.0. The van der Waals surface area contributed by atoms with Crippen molar-refractivity contribution in [3.05, 3.63) is 72.0 Å². The Hall–Kier alpha value is -3.55. The van der Waals surface area contributed by atoms with Gasteiger partial charge in [0.25, 0.3) is 0 Å². The third-order valence-electron chi connectivity index (χ3n) is 9.52. The molecule has 1 heterocycles. The van der Waals surface area contributed by atoms with Gasteiger partial charge in [-0.3, -0.25) is 0 Å². The SMILES string of the molecule is CCCCCn1c(-c2ccc(OC3=CC=C(C(C)C)CC=C3)cc2)nc2c(OCCCN(CC)CC)cc(OCCCN(CC)CC)cc21. The minimum absolute atomic E-state index is 0.523. The summed E-state index contributed by atoms with van der Waals surface area (Å²) in [5.74, 6) is 4.77. The molecule has 7 nitrogen and oxygen atoms in total. The molecular weight excluding hydrogens is 608 g/mol. The molecular formula is C42H62N4O3. The molecule has 0 radical (unpaired) electrons. The first-order valence-electron chi connectivity index (χ1n) is 19.0. The highest BCUT2D eigenvalue weighted by atomic mass is 16.5. The van der Waals surface area contributed by atoms with E-state index in [4.69, 9.17) is 19.2 Å². The topological polar surface area (TPSA) is 52.0 Å². The van der Waals surface area contributed by atoms with Crippen LogP contribution in [-0.4, -0.2) is 71.8 Å². The van der Waals surface area contributed by atoms with Crippen molar-refractivity contribution in [3.8, 4) is 28.6 Å². The van der Waals surface area contributed by atoms with E-state index in [1.165, 1.54) is 5.57 Å². The lowest BCUT2D eigenvalue weighted by Crippen LogP contribution is -2.25. The molecule has 0 aliphatic heterocycles. The molecule has 0 bridgehead atoms. The van der Waals surface area contributed by atoms with E-state index >= 15 is 0 Å². The third kappa shape index (κ3) is 11.2. The summed E-state index contributed by atoms with van der Waals surface area (Å²) in [6.07, 6.45) is 14.8. The summed E-state index contributed by atoms with van der Waals surface area (Å²) in [5, 5.41) is 0. The van der Waals surface area contributed by atoms with Gasteiger partial charge < -0.3 is 28.6 Å².